The van der Waals surface area contributed by atoms with E-state index in [2.05, 4.69) is 31.0 Å². The van der Waals surface area contributed by atoms with Crippen LogP contribution in [0.4, 0.5) is 0 Å². The average molecular weight is 254 g/mol. The number of nitrogens with one attached hydrogen (secondary N) is 1. The molecule has 2 rings (SSSR count). The van der Waals surface area contributed by atoms with Crippen LogP contribution in [-0.2, 0) is 4.74 Å². The Morgan fingerprint density at radius 3 is 2.61 bits per heavy atom. The van der Waals surface area contributed by atoms with Crippen LogP contribution < -0.4 is 5.32 Å². The van der Waals surface area contributed by atoms with Crippen molar-refractivity contribution in [2.24, 2.45) is 0 Å². The molecule has 0 aliphatic carbocycles. The van der Waals surface area contributed by atoms with E-state index in [4.69, 9.17) is 4.74 Å². The van der Waals surface area contributed by atoms with Crippen LogP contribution in [0.1, 0.15) is 52.9 Å². The molecule has 0 aromatic carbocycles. The van der Waals surface area contributed by atoms with Crippen molar-refractivity contribution in [3.05, 3.63) is 0 Å². The minimum Gasteiger partial charge on any atom is -0.371 e. The molecule has 3 heteroatoms. The van der Waals surface area contributed by atoms with Gasteiger partial charge in [0.1, 0.15) is 0 Å². The first-order chi connectivity index (χ1) is 8.57. The summed E-state index contributed by atoms with van der Waals surface area (Å²) in [7, 11) is 0. The maximum Gasteiger partial charge on any atom is 0.0707 e. The Bertz CT molecular complexity index is 249. The summed E-state index contributed by atoms with van der Waals surface area (Å²) in [5, 5.41) is 3.60. The largest absolute Gasteiger partial charge is 0.371 e. The molecule has 0 aromatic heterocycles. The molecule has 18 heavy (non-hydrogen) atoms. The lowest BCUT2D eigenvalue weighted by Gasteiger charge is -2.32. The molecule has 0 saturated carbocycles. The molecule has 0 bridgehead atoms. The predicted molar refractivity (Wildman–Crippen MR) is 75.9 cm³/mol. The molecule has 1 N–H and O–H groups in total. The van der Waals surface area contributed by atoms with Crippen LogP contribution in [-0.4, -0.2) is 48.8 Å². The molecule has 0 aromatic rings. The standard InChI is InChI=1S/C15H30N2O/c1-13(17-9-5-4-6-10-17)11-16-12-14-7-8-15(2,3)18-14/h13-14,16H,4-12H2,1-3H3. The number of nitrogens with zero attached hydrogens (tertiary/aromatic N) is 1. The van der Waals surface area contributed by atoms with E-state index in [-0.39, 0.29) is 5.60 Å². The molecule has 2 aliphatic heterocycles. The summed E-state index contributed by atoms with van der Waals surface area (Å²) < 4.78 is 6.00. The highest BCUT2D eigenvalue weighted by molar-refractivity contribution is 4.82. The van der Waals surface area contributed by atoms with Gasteiger partial charge in [-0.2, -0.15) is 0 Å². The molecule has 2 aliphatic rings. The van der Waals surface area contributed by atoms with Gasteiger partial charge >= 0.3 is 0 Å². The lowest BCUT2D eigenvalue weighted by Crippen LogP contribution is -2.44. The van der Waals surface area contributed by atoms with Crippen molar-refractivity contribution in [1.29, 1.82) is 0 Å². The van der Waals surface area contributed by atoms with E-state index in [9.17, 15) is 0 Å². The monoisotopic (exact) mass is 254 g/mol. The topological polar surface area (TPSA) is 24.5 Å². The minimum absolute atomic E-state index is 0.102. The molecule has 2 unspecified atom stereocenters. The second-order valence-electron chi connectivity index (χ2n) is 6.64. The van der Waals surface area contributed by atoms with Gasteiger partial charge in [0, 0.05) is 19.1 Å². The predicted octanol–water partition coefficient (Wildman–Crippen LogP) is 2.41. The molecule has 106 valence electrons. The first-order valence-electron chi connectivity index (χ1n) is 7.69. The zero-order valence-electron chi connectivity index (χ0n) is 12.4. The van der Waals surface area contributed by atoms with Crippen LogP contribution in [0.5, 0.6) is 0 Å². The van der Waals surface area contributed by atoms with Gasteiger partial charge in [-0.3, -0.25) is 4.90 Å². The van der Waals surface area contributed by atoms with Gasteiger partial charge in [0.05, 0.1) is 11.7 Å². The Morgan fingerprint density at radius 1 is 1.28 bits per heavy atom. The van der Waals surface area contributed by atoms with Crippen molar-refractivity contribution in [1.82, 2.24) is 10.2 Å². The van der Waals surface area contributed by atoms with Crippen molar-refractivity contribution >= 4 is 0 Å². The van der Waals surface area contributed by atoms with Gasteiger partial charge < -0.3 is 10.1 Å². The maximum atomic E-state index is 6.00. The van der Waals surface area contributed by atoms with Crippen LogP contribution in [0.2, 0.25) is 0 Å². The van der Waals surface area contributed by atoms with Gasteiger partial charge in [-0.1, -0.05) is 6.42 Å². The van der Waals surface area contributed by atoms with Crippen LogP contribution in [0.15, 0.2) is 0 Å². The number of hydrogen-bond acceptors (Lipinski definition) is 3. The van der Waals surface area contributed by atoms with E-state index in [1.807, 2.05) is 0 Å². The zero-order valence-corrected chi connectivity index (χ0v) is 12.4. The first kappa shape index (κ1) is 14.3. The SMILES string of the molecule is CC(CNCC1CCC(C)(C)O1)N1CCCCC1. The molecular formula is C15H30N2O. The summed E-state index contributed by atoms with van der Waals surface area (Å²) >= 11 is 0. The van der Waals surface area contributed by atoms with Crippen molar-refractivity contribution in [3.8, 4) is 0 Å². The minimum atomic E-state index is 0.102. The highest BCUT2D eigenvalue weighted by Gasteiger charge is 2.31. The number of likely N-dealkylation sites (tertiary alicyclic amines) is 1. The molecule has 0 spiro atoms. The fourth-order valence-electron chi connectivity index (χ4n) is 3.16. The summed E-state index contributed by atoms with van der Waals surface area (Å²) in [6, 6.07) is 0.666. The van der Waals surface area contributed by atoms with Crippen molar-refractivity contribution in [2.75, 3.05) is 26.2 Å². The molecule has 0 radical (unpaired) electrons. The van der Waals surface area contributed by atoms with Gasteiger partial charge in [-0.05, 0) is 59.5 Å². The lowest BCUT2D eigenvalue weighted by atomic mass is 10.1. The zero-order chi connectivity index (χ0) is 13.0. The Morgan fingerprint density at radius 2 is 2.00 bits per heavy atom. The fourth-order valence-corrected chi connectivity index (χ4v) is 3.16. The third-order valence-corrected chi connectivity index (χ3v) is 4.38. The summed E-state index contributed by atoms with van der Waals surface area (Å²) in [6.07, 6.45) is 7.00. The van der Waals surface area contributed by atoms with Gasteiger partial charge in [0.15, 0.2) is 0 Å². The summed E-state index contributed by atoms with van der Waals surface area (Å²) in [6.45, 7) is 11.4. The van der Waals surface area contributed by atoms with Gasteiger partial charge in [0.2, 0.25) is 0 Å². The Labute approximate surface area is 112 Å². The summed E-state index contributed by atoms with van der Waals surface area (Å²) in [5.74, 6) is 0. The van der Waals surface area contributed by atoms with Crippen molar-refractivity contribution in [2.45, 2.75) is 70.6 Å². The number of rotatable bonds is 5. The molecule has 2 fully saturated rings. The highest BCUT2D eigenvalue weighted by Crippen LogP contribution is 2.28. The van der Waals surface area contributed by atoms with Gasteiger partial charge in [-0.15, -0.1) is 0 Å². The fraction of sp³-hybridized carbons (Fsp3) is 1.00. The normalized spacial score (nSPS) is 30.5. The van der Waals surface area contributed by atoms with Gasteiger partial charge in [-0.25, -0.2) is 0 Å². The first-order valence-corrected chi connectivity index (χ1v) is 7.69. The Hall–Kier alpha value is -0.120. The van der Waals surface area contributed by atoms with Crippen molar-refractivity contribution in [3.63, 3.8) is 0 Å². The Balaban J connectivity index is 1.60. The molecule has 3 nitrogen and oxygen atoms in total. The summed E-state index contributed by atoms with van der Waals surface area (Å²) in [5.41, 5.74) is 0.102. The van der Waals surface area contributed by atoms with E-state index in [0.717, 1.165) is 13.1 Å². The molecule has 2 heterocycles. The molecule has 2 atom stereocenters. The third kappa shape index (κ3) is 4.22. The Kier molecular flexibility index (Phi) is 5.05. The molecular weight excluding hydrogens is 224 g/mol. The average Bonchev–Trinajstić information content (AvgIpc) is 2.70. The van der Waals surface area contributed by atoms with E-state index in [0.29, 0.717) is 12.1 Å². The number of piperidine rings is 1. The van der Waals surface area contributed by atoms with Gasteiger partial charge in [0.25, 0.3) is 0 Å². The van der Waals surface area contributed by atoms with E-state index < -0.39 is 0 Å². The molecule has 2 saturated heterocycles. The maximum absolute atomic E-state index is 6.00. The third-order valence-electron chi connectivity index (χ3n) is 4.38. The van der Waals surface area contributed by atoms with Crippen LogP contribution in [0.25, 0.3) is 0 Å². The lowest BCUT2D eigenvalue weighted by molar-refractivity contribution is -0.0146. The quantitative estimate of drug-likeness (QED) is 0.815. The van der Waals surface area contributed by atoms with Crippen LogP contribution in [0, 0.1) is 0 Å². The second kappa shape index (κ2) is 6.36. The number of hydrogen-bond donors (Lipinski definition) is 1. The van der Waals surface area contributed by atoms with E-state index in [1.165, 1.54) is 45.2 Å². The summed E-state index contributed by atoms with van der Waals surface area (Å²) in [4.78, 5) is 2.62. The van der Waals surface area contributed by atoms with Crippen LogP contribution >= 0.6 is 0 Å². The van der Waals surface area contributed by atoms with Crippen molar-refractivity contribution < 1.29 is 4.74 Å². The van der Waals surface area contributed by atoms with E-state index >= 15 is 0 Å². The second-order valence-corrected chi connectivity index (χ2v) is 6.64. The van der Waals surface area contributed by atoms with Crippen LogP contribution in [0.3, 0.4) is 0 Å². The highest BCUT2D eigenvalue weighted by atomic mass is 16.5. The van der Waals surface area contributed by atoms with E-state index in [1.54, 1.807) is 0 Å². The molecule has 0 amide bonds. The smallest absolute Gasteiger partial charge is 0.0707 e. The number of ether oxygens (including phenoxy) is 1.